The topological polar surface area (TPSA) is 0 Å². The Balaban J connectivity index is 2.75. The molecule has 0 saturated carbocycles. The first-order chi connectivity index (χ1) is 2.81. The van der Waals surface area contributed by atoms with Gasteiger partial charge in [-0.2, -0.15) is 0 Å². The Kier molecular flexibility index (Phi) is 4.06. The quantitative estimate of drug-likeness (QED) is 0.523. The van der Waals surface area contributed by atoms with Crippen LogP contribution in [0.25, 0.3) is 0 Å². The first kappa shape index (κ1) is 6.54. The zero-order valence-electron chi connectivity index (χ0n) is 4.91. The van der Waals surface area contributed by atoms with Crippen LogP contribution in [0, 0.1) is 0 Å². The van der Waals surface area contributed by atoms with Gasteiger partial charge in [0.25, 0.3) is 0 Å². The third-order valence-electron chi connectivity index (χ3n) is 1.21. The van der Waals surface area contributed by atoms with Crippen molar-refractivity contribution in [2.75, 3.05) is 0 Å². The van der Waals surface area contributed by atoms with Crippen molar-refractivity contribution in [3.8, 4) is 0 Å². The molecule has 0 fully saturated rings. The Labute approximate surface area is 45.0 Å². The van der Waals surface area contributed by atoms with Gasteiger partial charge in [-0.15, -0.1) is 0 Å². The molecule has 0 unspecified atom stereocenters. The SMILES string of the molecule is C[CH2][Ge]([CH3])[CH2]C. The van der Waals surface area contributed by atoms with Crippen molar-refractivity contribution >= 4 is 14.3 Å². The van der Waals surface area contributed by atoms with Gasteiger partial charge in [-0.3, -0.25) is 0 Å². The summed E-state index contributed by atoms with van der Waals surface area (Å²) in [6.07, 6.45) is 0. The van der Waals surface area contributed by atoms with E-state index < -0.39 is 0 Å². The number of rotatable bonds is 2. The van der Waals surface area contributed by atoms with Crippen LogP contribution in [0.5, 0.6) is 0 Å². The summed E-state index contributed by atoms with van der Waals surface area (Å²) in [6, 6.07) is 0. The summed E-state index contributed by atoms with van der Waals surface area (Å²) in [5, 5.41) is 2.99. The van der Waals surface area contributed by atoms with E-state index in [1.165, 1.54) is 10.5 Å². The summed E-state index contributed by atoms with van der Waals surface area (Å²) < 4.78 is 0. The monoisotopic (exact) mass is 147 g/mol. The molecule has 0 atom stereocenters. The van der Waals surface area contributed by atoms with E-state index in [-0.39, 0.29) is 14.3 Å². The molecule has 0 nitrogen and oxygen atoms in total. The first-order valence-corrected chi connectivity index (χ1v) is 7.69. The molecule has 1 heteroatoms. The van der Waals surface area contributed by atoms with Crippen molar-refractivity contribution in [2.24, 2.45) is 0 Å². The predicted molar refractivity (Wildman–Crippen MR) is 32.6 cm³/mol. The third kappa shape index (κ3) is 2.76. The van der Waals surface area contributed by atoms with Crippen molar-refractivity contribution in [2.45, 2.75) is 30.1 Å². The fourth-order valence-electron chi connectivity index (χ4n) is 0.250. The molecule has 37 valence electrons. The van der Waals surface area contributed by atoms with Crippen LogP contribution in [0.1, 0.15) is 13.8 Å². The van der Waals surface area contributed by atoms with Crippen molar-refractivity contribution in [1.29, 1.82) is 0 Å². The summed E-state index contributed by atoms with van der Waals surface area (Å²) in [6.45, 7) is 4.61. The van der Waals surface area contributed by atoms with Crippen LogP contribution in [0.4, 0.5) is 0 Å². The Morgan fingerprint density at radius 1 is 1.17 bits per heavy atom. The van der Waals surface area contributed by atoms with E-state index in [9.17, 15) is 0 Å². The van der Waals surface area contributed by atoms with E-state index in [4.69, 9.17) is 0 Å². The Hall–Kier alpha value is 0.543. The second-order valence-electron chi connectivity index (χ2n) is 1.66. The zero-order valence-corrected chi connectivity index (χ0v) is 7.01. The van der Waals surface area contributed by atoms with Crippen LogP contribution in [0.2, 0.25) is 16.3 Å². The van der Waals surface area contributed by atoms with Crippen LogP contribution in [0.3, 0.4) is 0 Å². The van der Waals surface area contributed by atoms with Crippen molar-refractivity contribution in [1.82, 2.24) is 0 Å². The van der Waals surface area contributed by atoms with Gasteiger partial charge < -0.3 is 0 Å². The van der Waals surface area contributed by atoms with Crippen molar-refractivity contribution in [3.05, 3.63) is 0 Å². The molecule has 0 aromatic carbocycles. The Bertz CT molecular complexity index is 23.1. The van der Waals surface area contributed by atoms with Crippen LogP contribution < -0.4 is 0 Å². The minimum atomic E-state index is -0.380. The fraction of sp³-hybridized carbons (Fsp3) is 1.00. The normalized spacial score (nSPS) is 10.0. The molecule has 6 heavy (non-hydrogen) atoms. The summed E-state index contributed by atoms with van der Waals surface area (Å²) in [5.74, 6) is 2.44. The second kappa shape index (κ2) is 3.72. The second-order valence-corrected chi connectivity index (χ2v) is 8.65. The van der Waals surface area contributed by atoms with Gasteiger partial charge in [-0.25, -0.2) is 0 Å². The van der Waals surface area contributed by atoms with Gasteiger partial charge in [-0.1, -0.05) is 0 Å². The fourth-order valence-corrected chi connectivity index (χ4v) is 1.30. The summed E-state index contributed by atoms with van der Waals surface area (Å²) in [5.41, 5.74) is 0. The van der Waals surface area contributed by atoms with Gasteiger partial charge in [0.1, 0.15) is 0 Å². The summed E-state index contributed by atoms with van der Waals surface area (Å²) >= 11 is -0.380. The van der Waals surface area contributed by atoms with Crippen LogP contribution in [0.15, 0.2) is 0 Å². The van der Waals surface area contributed by atoms with E-state index >= 15 is 0 Å². The van der Waals surface area contributed by atoms with Crippen LogP contribution >= 0.6 is 0 Å². The predicted octanol–water partition coefficient (Wildman–Crippen LogP) is 2.15. The van der Waals surface area contributed by atoms with Crippen LogP contribution in [-0.4, -0.2) is 14.3 Å². The summed E-state index contributed by atoms with van der Waals surface area (Å²) in [7, 11) is 0. The van der Waals surface area contributed by atoms with Gasteiger partial charge in [0.2, 0.25) is 0 Å². The van der Waals surface area contributed by atoms with Crippen molar-refractivity contribution < 1.29 is 0 Å². The van der Waals surface area contributed by atoms with Gasteiger partial charge in [0.05, 0.1) is 0 Å². The Morgan fingerprint density at radius 2 is 1.50 bits per heavy atom. The van der Waals surface area contributed by atoms with Crippen molar-refractivity contribution in [3.63, 3.8) is 0 Å². The van der Waals surface area contributed by atoms with E-state index in [1.807, 2.05) is 0 Å². The van der Waals surface area contributed by atoms with Gasteiger partial charge in [-0.05, 0) is 0 Å². The first-order valence-electron chi connectivity index (χ1n) is 2.62. The van der Waals surface area contributed by atoms with Gasteiger partial charge in [0, 0.05) is 0 Å². The molecule has 0 aliphatic rings. The summed E-state index contributed by atoms with van der Waals surface area (Å²) in [4.78, 5) is 0. The molecule has 0 saturated heterocycles. The molecule has 1 radical (unpaired) electrons. The van der Waals surface area contributed by atoms with Gasteiger partial charge >= 0.3 is 44.5 Å². The number of hydrogen-bond acceptors (Lipinski definition) is 0. The average molecular weight is 146 g/mol. The molecule has 0 heterocycles. The maximum absolute atomic E-state index is 2.44. The molecule has 0 aliphatic carbocycles. The van der Waals surface area contributed by atoms with E-state index in [2.05, 4.69) is 19.6 Å². The molecule has 0 aromatic rings. The number of hydrogen-bond donors (Lipinski definition) is 0. The van der Waals surface area contributed by atoms with E-state index in [1.54, 1.807) is 0 Å². The van der Waals surface area contributed by atoms with Crippen LogP contribution in [-0.2, 0) is 0 Å². The molecular weight excluding hydrogens is 133 g/mol. The van der Waals surface area contributed by atoms with Gasteiger partial charge in [0.15, 0.2) is 0 Å². The van der Waals surface area contributed by atoms with E-state index in [0.29, 0.717) is 0 Å². The molecule has 0 spiro atoms. The standard InChI is InChI=1S/C5H13Ge/c1-4-6(3)5-2/h4-5H2,1-3H3. The molecule has 0 rings (SSSR count). The molecule has 0 aliphatic heterocycles. The average Bonchev–Trinajstić information content (AvgIpc) is 1.65. The molecule has 0 N–H and O–H groups in total. The molecule has 0 aromatic heterocycles. The molecular formula is C5H13Ge. The maximum atomic E-state index is 2.44. The third-order valence-corrected chi connectivity index (χ3v) is 6.27. The zero-order chi connectivity index (χ0) is 4.99. The Morgan fingerprint density at radius 3 is 1.50 bits per heavy atom. The molecule has 0 bridgehead atoms. The minimum absolute atomic E-state index is 0.380. The van der Waals surface area contributed by atoms with E-state index in [0.717, 1.165) is 0 Å². The molecule has 0 amide bonds.